The summed E-state index contributed by atoms with van der Waals surface area (Å²) in [6, 6.07) is 3.06. The molecule has 4 aliphatic rings. The molecule has 0 saturated carbocycles. The zero-order chi connectivity index (χ0) is 16.9. The number of benzene rings is 1. The molecule has 126 valence electrons. The number of likely N-dealkylation sites (N-methyl/N-ethyl adjacent to an activating group) is 1. The van der Waals surface area contributed by atoms with Crippen molar-refractivity contribution in [3.05, 3.63) is 35.4 Å². The number of carbonyl (C=O) groups is 1. The number of aliphatic hydroxyl groups excluding tert-OH is 1. The number of ether oxygens (including phenoxy) is 2. The fourth-order valence-corrected chi connectivity index (χ4v) is 5.37. The van der Waals surface area contributed by atoms with E-state index >= 15 is 0 Å². The van der Waals surface area contributed by atoms with Crippen molar-refractivity contribution in [2.75, 3.05) is 20.7 Å². The Hall–Kier alpha value is -1.89. The fraction of sp³-hybridized carbons (Fsp3) is 0.500. The van der Waals surface area contributed by atoms with Crippen LogP contribution in [0.5, 0.6) is 11.5 Å². The minimum absolute atomic E-state index is 0.149. The summed E-state index contributed by atoms with van der Waals surface area (Å²) in [5, 5.41) is 22.7. The number of rotatable bonds is 1. The second kappa shape index (κ2) is 4.20. The summed E-state index contributed by atoms with van der Waals surface area (Å²) in [4.78, 5) is 14.6. The molecule has 1 saturated heterocycles. The van der Waals surface area contributed by atoms with Gasteiger partial charge in [-0.3, -0.25) is 9.69 Å². The lowest BCUT2D eigenvalue weighted by molar-refractivity contribution is -0.172. The first-order chi connectivity index (χ1) is 11.5. The molecule has 6 heteroatoms. The maximum absolute atomic E-state index is 12.6. The van der Waals surface area contributed by atoms with Gasteiger partial charge >= 0.3 is 0 Å². The zero-order valence-electron chi connectivity index (χ0n) is 13.5. The van der Waals surface area contributed by atoms with Gasteiger partial charge in [-0.1, -0.05) is 6.07 Å². The summed E-state index contributed by atoms with van der Waals surface area (Å²) >= 11 is 0. The van der Waals surface area contributed by atoms with Crippen molar-refractivity contribution in [1.82, 2.24) is 4.90 Å². The average molecular weight is 329 g/mol. The van der Waals surface area contributed by atoms with E-state index in [1.165, 1.54) is 6.08 Å². The highest BCUT2D eigenvalue weighted by Crippen LogP contribution is 2.65. The SMILES string of the molecule is COc1ccc2c3c1O[C@H]1C(=O)C=C[C@@]4(O)[C@@H](C2O)N(C)CC[C@]314. The molecule has 0 aromatic heterocycles. The number of hydrogen-bond donors (Lipinski definition) is 2. The molecule has 1 unspecified atom stereocenters. The molecule has 5 atom stereocenters. The smallest absolute Gasteiger partial charge is 0.196 e. The molecule has 0 amide bonds. The van der Waals surface area contributed by atoms with Crippen molar-refractivity contribution in [1.29, 1.82) is 0 Å². The van der Waals surface area contributed by atoms with Gasteiger partial charge in [-0.25, -0.2) is 0 Å². The second-order valence-electron chi connectivity index (χ2n) is 7.21. The number of aliphatic hydroxyl groups is 2. The maximum Gasteiger partial charge on any atom is 0.196 e. The summed E-state index contributed by atoms with van der Waals surface area (Å²) in [5.74, 6) is 0.860. The van der Waals surface area contributed by atoms with Gasteiger partial charge < -0.3 is 19.7 Å². The van der Waals surface area contributed by atoms with Gasteiger partial charge in [0.25, 0.3) is 0 Å². The maximum atomic E-state index is 12.6. The van der Waals surface area contributed by atoms with Crippen LogP contribution in [0, 0.1) is 0 Å². The summed E-state index contributed by atoms with van der Waals surface area (Å²) in [6.07, 6.45) is 1.90. The average Bonchev–Trinajstić information content (AvgIpc) is 2.92. The van der Waals surface area contributed by atoms with Crippen molar-refractivity contribution in [2.24, 2.45) is 0 Å². The van der Waals surface area contributed by atoms with Crippen LogP contribution in [0.25, 0.3) is 0 Å². The van der Waals surface area contributed by atoms with E-state index in [-0.39, 0.29) is 5.78 Å². The van der Waals surface area contributed by atoms with E-state index in [1.807, 2.05) is 18.0 Å². The Morgan fingerprint density at radius 2 is 2.21 bits per heavy atom. The molecule has 0 radical (unpaired) electrons. The van der Waals surface area contributed by atoms with Gasteiger partial charge in [0.1, 0.15) is 5.60 Å². The largest absolute Gasteiger partial charge is 0.493 e. The molecule has 2 bridgehead atoms. The van der Waals surface area contributed by atoms with E-state index in [0.29, 0.717) is 24.5 Å². The van der Waals surface area contributed by atoms with Gasteiger partial charge in [0.05, 0.1) is 24.7 Å². The fourth-order valence-electron chi connectivity index (χ4n) is 5.37. The Morgan fingerprint density at radius 3 is 2.96 bits per heavy atom. The molecule has 1 fully saturated rings. The molecule has 2 aliphatic carbocycles. The molecule has 6 nitrogen and oxygen atoms in total. The summed E-state index contributed by atoms with van der Waals surface area (Å²) < 4.78 is 11.5. The van der Waals surface area contributed by atoms with Crippen molar-refractivity contribution < 1.29 is 24.5 Å². The van der Waals surface area contributed by atoms with Crippen molar-refractivity contribution >= 4 is 5.78 Å². The predicted octanol–water partition coefficient (Wildman–Crippen LogP) is 0.315. The van der Waals surface area contributed by atoms with Crippen LogP contribution < -0.4 is 9.47 Å². The second-order valence-corrected chi connectivity index (χ2v) is 7.21. The van der Waals surface area contributed by atoms with Gasteiger partial charge in [0.15, 0.2) is 23.4 Å². The van der Waals surface area contributed by atoms with E-state index in [0.717, 1.165) is 11.1 Å². The first-order valence-corrected chi connectivity index (χ1v) is 8.17. The lowest BCUT2D eigenvalue weighted by atomic mass is 9.50. The molecular weight excluding hydrogens is 310 g/mol. The monoisotopic (exact) mass is 329 g/mol. The lowest BCUT2D eigenvalue weighted by Crippen LogP contribution is -2.75. The van der Waals surface area contributed by atoms with Gasteiger partial charge in [0.2, 0.25) is 0 Å². The van der Waals surface area contributed by atoms with E-state index in [1.54, 1.807) is 19.3 Å². The molecule has 2 aliphatic heterocycles. The van der Waals surface area contributed by atoms with Crippen molar-refractivity contribution in [2.45, 2.75) is 35.7 Å². The molecule has 2 N–H and O–H groups in total. The predicted molar refractivity (Wildman–Crippen MR) is 84.2 cm³/mol. The van der Waals surface area contributed by atoms with E-state index in [4.69, 9.17) is 9.47 Å². The summed E-state index contributed by atoms with van der Waals surface area (Å²) in [7, 11) is 3.44. The minimum atomic E-state index is -1.36. The third-order valence-corrected chi connectivity index (χ3v) is 6.38. The normalized spacial score (nSPS) is 41.8. The molecule has 1 aromatic carbocycles. The zero-order valence-corrected chi connectivity index (χ0v) is 13.5. The highest BCUT2D eigenvalue weighted by molar-refractivity contribution is 5.99. The Morgan fingerprint density at radius 1 is 1.42 bits per heavy atom. The highest BCUT2D eigenvalue weighted by atomic mass is 16.5. The van der Waals surface area contributed by atoms with Crippen molar-refractivity contribution in [3.63, 3.8) is 0 Å². The summed E-state index contributed by atoms with van der Waals surface area (Å²) in [5.41, 5.74) is -0.765. The number of carbonyl (C=O) groups excluding carboxylic acids is 1. The standard InChI is InChI=1S/C18H19NO5/c1-19-8-7-17-12-9-3-4-11(23-2)14(12)24-16(17)10(20)5-6-18(17,22)15(19)13(9)21/h3-6,13,15-16,21-22H,7-8H2,1-2H3/t13?,15-,16+,17+,18-/m1/s1. The van der Waals surface area contributed by atoms with Crippen LogP contribution in [0.1, 0.15) is 23.7 Å². The topological polar surface area (TPSA) is 79.2 Å². The molecule has 2 heterocycles. The Labute approximate surface area is 139 Å². The number of piperidine rings is 1. The van der Waals surface area contributed by atoms with E-state index < -0.39 is 29.3 Å². The molecule has 1 spiro atoms. The van der Waals surface area contributed by atoms with E-state index in [9.17, 15) is 15.0 Å². The molecule has 1 aromatic rings. The number of likely N-dealkylation sites (tertiary alicyclic amines) is 1. The first-order valence-electron chi connectivity index (χ1n) is 8.17. The number of hydrogen-bond acceptors (Lipinski definition) is 6. The van der Waals surface area contributed by atoms with Gasteiger partial charge in [-0.05, 0) is 43.8 Å². The number of ketones is 1. The first kappa shape index (κ1) is 14.5. The quantitative estimate of drug-likeness (QED) is 0.772. The van der Waals surface area contributed by atoms with Crippen LogP contribution in [-0.2, 0) is 10.2 Å². The van der Waals surface area contributed by atoms with Gasteiger partial charge in [-0.2, -0.15) is 0 Å². The summed E-state index contributed by atoms with van der Waals surface area (Å²) in [6.45, 7) is 0.668. The lowest BCUT2D eigenvalue weighted by Gasteiger charge is -2.61. The van der Waals surface area contributed by atoms with Crippen LogP contribution in [0.15, 0.2) is 24.3 Å². The van der Waals surface area contributed by atoms with E-state index in [2.05, 4.69) is 0 Å². The number of nitrogens with zero attached hydrogens (tertiary/aromatic N) is 1. The Bertz CT molecular complexity index is 805. The molecule has 5 rings (SSSR count). The van der Waals surface area contributed by atoms with Crippen LogP contribution in [0.2, 0.25) is 0 Å². The van der Waals surface area contributed by atoms with Crippen LogP contribution >= 0.6 is 0 Å². The number of methoxy groups -OCH3 is 1. The minimum Gasteiger partial charge on any atom is -0.493 e. The Kier molecular flexibility index (Phi) is 2.53. The third kappa shape index (κ3) is 1.27. The highest BCUT2D eigenvalue weighted by Gasteiger charge is 2.73. The molecule has 24 heavy (non-hydrogen) atoms. The van der Waals surface area contributed by atoms with Crippen LogP contribution in [0.3, 0.4) is 0 Å². The van der Waals surface area contributed by atoms with Gasteiger partial charge in [-0.15, -0.1) is 0 Å². The van der Waals surface area contributed by atoms with Gasteiger partial charge in [0, 0.05) is 5.56 Å². The Balaban J connectivity index is 1.92. The molecular formula is C18H19NO5. The third-order valence-electron chi connectivity index (χ3n) is 6.38. The van der Waals surface area contributed by atoms with Crippen LogP contribution in [0.4, 0.5) is 0 Å². The van der Waals surface area contributed by atoms with Crippen molar-refractivity contribution in [3.8, 4) is 11.5 Å². The van der Waals surface area contributed by atoms with Crippen LogP contribution in [-0.4, -0.2) is 59.3 Å².